The zero-order valence-electron chi connectivity index (χ0n) is 12.2. The van der Waals surface area contributed by atoms with Crippen molar-refractivity contribution in [3.05, 3.63) is 102 Å². The summed E-state index contributed by atoms with van der Waals surface area (Å²) in [5, 5.41) is 3.69. The lowest BCUT2D eigenvalue weighted by atomic mass is 9.84. The molecule has 0 spiro atoms. The minimum absolute atomic E-state index is 0.260. The molecule has 0 aromatic heterocycles. The van der Waals surface area contributed by atoms with Gasteiger partial charge in [-0.3, -0.25) is 0 Å². The maximum atomic E-state index is 3.69. The summed E-state index contributed by atoms with van der Waals surface area (Å²) in [5.74, 6) is 0. The van der Waals surface area contributed by atoms with E-state index in [0.717, 1.165) is 5.69 Å². The van der Waals surface area contributed by atoms with E-state index in [1.165, 1.54) is 11.1 Å². The zero-order chi connectivity index (χ0) is 14.5. The first-order valence-electron chi connectivity index (χ1n) is 7.23. The molecule has 21 heavy (non-hydrogen) atoms. The minimum atomic E-state index is -0.260. The number of hydrogen-bond donors (Lipinski definition) is 1. The lowest BCUT2D eigenvalue weighted by molar-refractivity contribution is 0.660. The average molecular weight is 273 g/mol. The summed E-state index contributed by atoms with van der Waals surface area (Å²) in [4.78, 5) is 0. The first-order valence-corrected chi connectivity index (χ1v) is 7.23. The van der Waals surface area contributed by atoms with Gasteiger partial charge in [-0.15, -0.1) is 0 Å². The van der Waals surface area contributed by atoms with Crippen LogP contribution in [0.25, 0.3) is 0 Å². The van der Waals surface area contributed by atoms with E-state index in [1.54, 1.807) is 0 Å². The third-order valence-corrected chi connectivity index (χ3v) is 3.87. The fraction of sp³-hybridized carbons (Fsp3) is 0.100. The molecule has 0 unspecified atom stereocenters. The molecule has 0 aliphatic carbocycles. The summed E-state index contributed by atoms with van der Waals surface area (Å²) in [7, 11) is 0. The Balaban J connectivity index is 2.07. The van der Waals surface area contributed by atoms with Crippen LogP contribution in [-0.4, -0.2) is 0 Å². The van der Waals surface area contributed by atoms with E-state index in [2.05, 4.69) is 97.2 Å². The van der Waals surface area contributed by atoms with Crippen LogP contribution >= 0.6 is 0 Å². The van der Waals surface area contributed by atoms with Crippen LogP contribution in [0.4, 0.5) is 5.69 Å². The summed E-state index contributed by atoms with van der Waals surface area (Å²) in [6.07, 6.45) is 0. The van der Waals surface area contributed by atoms with Crippen molar-refractivity contribution >= 4 is 5.69 Å². The molecule has 0 saturated carbocycles. The van der Waals surface area contributed by atoms with Crippen LogP contribution < -0.4 is 5.32 Å². The number of anilines is 1. The molecule has 0 atom stereocenters. The second-order valence-corrected chi connectivity index (χ2v) is 5.35. The average Bonchev–Trinajstić information content (AvgIpc) is 2.57. The Bertz CT molecular complexity index is 635. The number of para-hydroxylation sites is 1. The van der Waals surface area contributed by atoms with Gasteiger partial charge in [-0.1, -0.05) is 78.9 Å². The van der Waals surface area contributed by atoms with Gasteiger partial charge in [0.15, 0.2) is 0 Å². The van der Waals surface area contributed by atoms with Gasteiger partial charge >= 0.3 is 0 Å². The number of rotatable bonds is 4. The van der Waals surface area contributed by atoms with Crippen LogP contribution in [0.15, 0.2) is 91.0 Å². The van der Waals surface area contributed by atoms with Crippen molar-refractivity contribution in [1.82, 2.24) is 0 Å². The number of nitrogens with one attached hydrogen (secondary N) is 1. The van der Waals surface area contributed by atoms with E-state index in [0.29, 0.717) is 0 Å². The van der Waals surface area contributed by atoms with Crippen molar-refractivity contribution in [2.24, 2.45) is 0 Å². The summed E-state index contributed by atoms with van der Waals surface area (Å²) >= 11 is 0. The molecule has 0 heterocycles. The van der Waals surface area contributed by atoms with Crippen LogP contribution in [0.5, 0.6) is 0 Å². The molecule has 0 amide bonds. The lowest BCUT2D eigenvalue weighted by Crippen LogP contribution is -2.33. The Morgan fingerprint density at radius 2 is 0.952 bits per heavy atom. The zero-order valence-corrected chi connectivity index (χ0v) is 12.2. The van der Waals surface area contributed by atoms with Gasteiger partial charge in [0, 0.05) is 5.69 Å². The van der Waals surface area contributed by atoms with Crippen molar-refractivity contribution < 1.29 is 0 Å². The minimum Gasteiger partial charge on any atom is -0.372 e. The van der Waals surface area contributed by atoms with E-state index < -0.39 is 0 Å². The SMILES string of the molecule is CC(Nc1ccccc1)(c1ccccc1)c1ccccc1. The molecule has 3 aromatic carbocycles. The molecule has 0 aliphatic heterocycles. The molecule has 0 radical (unpaired) electrons. The molecule has 0 fully saturated rings. The van der Waals surface area contributed by atoms with Crippen LogP contribution in [0.3, 0.4) is 0 Å². The summed E-state index contributed by atoms with van der Waals surface area (Å²) < 4.78 is 0. The Morgan fingerprint density at radius 3 is 1.38 bits per heavy atom. The van der Waals surface area contributed by atoms with Crippen LogP contribution in [-0.2, 0) is 5.54 Å². The van der Waals surface area contributed by atoms with Gasteiger partial charge in [-0.25, -0.2) is 0 Å². The van der Waals surface area contributed by atoms with Crippen LogP contribution in [0, 0.1) is 0 Å². The molecule has 1 heteroatoms. The molecule has 104 valence electrons. The van der Waals surface area contributed by atoms with Gasteiger partial charge in [0.05, 0.1) is 5.54 Å². The van der Waals surface area contributed by atoms with Gasteiger partial charge in [-0.05, 0) is 30.2 Å². The smallest absolute Gasteiger partial charge is 0.0850 e. The van der Waals surface area contributed by atoms with Gasteiger partial charge in [0.2, 0.25) is 0 Å². The molecule has 3 rings (SSSR count). The maximum Gasteiger partial charge on any atom is 0.0850 e. The molecule has 1 N–H and O–H groups in total. The maximum absolute atomic E-state index is 3.69. The highest BCUT2D eigenvalue weighted by Crippen LogP contribution is 2.32. The van der Waals surface area contributed by atoms with Gasteiger partial charge < -0.3 is 5.32 Å². The quantitative estimate of drug-likeness (QED) is 0.700. The van der Waals surface area contributed by atoms with E-state index in [1.807, 2.05) is 6.07 Å². The van der Waals surface area contributed by atoms with Gasteiger partial charge in [0.1, 0.15) is 0 Å². The van der Waals surface area contributed by atoms with Crippen molar-refractivity contribution in [2.45, 2.75) is 12.5 Å². The van der Waals surface area contributed by atoms with E-state index in [4.69, 9.17) is 0 Å². The van der Waals surface area contributed by atoms with Crippen LogP contribution in [0.2, 0.25) is 0 Å². The van der Waals surface area contributed by atoms with Crippen molar-refractivity contribution in [3.63, 3.8) is 0 Å². The second-order valence-electron chi connectivity index (χ2n) is 5.35. The molecule has 0 saturated heterocycles. The van der Waals surface area contributed by atoms with Gasteiger partial charge in [-0.2, -0.15) is 0 Å². The molecule has 0 aliphatic rings. The van der Waals surface area contributed by atoms with Crippen molar-refractivity contribution in [3.8, 4) is 0 Å². The largest absolute Gasteiger partial charge is 0.372 e. The van der Waals surface area contributed by atoms with E-state index in [9.17, 15) is 0 Å². The monoisotopic (exact) mass is 273 g/mol. The Hall–Kier alpha value is -2.54. The van der Waals surface area contributed by atoms with Crippen LogP contribution in [0.1, 0.15) is 18.1 Å². The third-order valence-electron chi connectivity index (χ3n) is 3.87. The lowest BCUT2D eigenvalue weighted by Gasteiger charge is -2.33. The van der Waals surface area contributed by atoms with E-state index >= 15 is 0 Å². The normalized spacial score (nSPS) is 11.1. The van der Waals surface area contributed by atoms with Crippen molar-refractivity contribution in [1.29, 1.82) is 0 Å². The Morgan fingerprint density at radius 1 is 0.571 bits per heavy atom. The Labute approximate surface area is 126 Å². The molecular weight excluding hydrogens is 254 g/mol. The first-order chi connectivity index (χ1) is 10.3. The number of hydrogen-bond acceptors (Lipinski definition) is 1. The van der Waals surface area contributed by atoms with Crippen molar-refractivity contribution in [2.75, 3.05) is 5.32 Å². The van der Waals surface area contributed by atoms with Gasteiger partial charge in [0.25, 0.3) is 0 Å². The molecule has 0 bridgehead atoms. The standard InChI is InChI=1S/C20H19N/c1-20(17-11-5-2-6-12-17,18-13-7-3-8-14-18)21-19-15-9-4-10-16-19/h2-16,21H,1H3. The summed E-state index contributed by atoms with van der Waals surface area (Å²) in [6, 6.07) is 31.5. The molecular formula is C20H19N. The van der Waals surface area contributed by atoms with E-state index in [-0.39, 0.29) is 5.54 Å². The predicted molar refractivity (Wildman–Crippen MR) is 89.4 cm³/mol. The fourth-order valence-corrected chi connectivity index (χ4v) is 2.66. The molecule has 3 aromatic rings. The topological polar surface area (TPSA) is 12.0 Å². The Kier molecular flexibility index (Phi) is 3.74. The highest BCUT2D eigenvalue weighted by Gasteiger charge is 2.28. The first kappa shape index (κ1) is 13.4. The highest BCUT2D eigenvalue weighted by atomic mass is 15.0. The second kappa shape index (κ2) is 5.84. The molecule has 1 nitrogen and oxygen atoms in total. The summed E-state index contributed by atoms with van der Waals surface area (Å²) in [5.41, 5.74) is 3.36. The predicted octanol–water partition coefficient (Wildman–Crippen LogP) is 5.06. The third kappa shape index (κ3) is 2.82. The summed E-state index contributed by atoms with van der Waals surface area (Å²) in [6.45, 7) is 2.23. The fourth-order valence-electron chi connectivity index (χ4n) is 2.66. The number of benzene rings is 3. The highest BCUT2D eigenvalue weighted by molar-refractivity contribution is 5.52.